The molecule has 1 aromatic carbocycles. The van der Waals surface area contributed by atoms with Crippen LogP contribution in [0.2, 0.25) is 0 Å². The third-order valence-electron chi connectivity index (χ3n) is 2.88. The monoisotopic (exact) mass is 273 g/mol. The molecule has 3 nitrogen and oxygen atoms in total. The van der Waals surface area contributed by atoms with Gasteiger partial charge in [0.1, 0.15) is 0 Å². The summed E-state index contributed by atoms with van der Waals surface area (Å²) in [5.41, 5.74) is 2.25. The van der Waals surface area contributed by atoms with Gasteiger partial charge in [-0.2, -0.15) is 0 Å². The van der Waals surface area contributed by atoms with Gasteiger partial charge in [0.2, 0.25) is 0 Å². The zero-order valence-corrected chi connectivity index (χ0v) is 11.7. The fourth-order valence-corrected chi connectivity index (χ4v) is 2.54. The number of carbonyl (C=O) groups excluding carboxylic acids is 2. The summed E-state index contributed by atoms with van der Waals surface area (Å²) in [6.07, 6.45) is 0. The predicted molar refractivity (Wildman–Crippen MR) is 76.7 cm³/mol. The maximum Gasteiger partial charge on any atom is 0.261 e. The van der Waals surface area contributed by atoms with E-state index in [0.717, 1.165) is 11.1 Å². The molecule has 0 spiro atoms. The molecule has 19 heavy (non-hydrogen) atoms. The van der Waals surface area contributed by atoms with E-state index in [1.165, 1.54) is 18.3 Å². The maximum absolute atomic E-state index is 12.0. The summed E-state index contributed by atoms with van der Waals surface area (Å²) in [6.45, 7) is 4.01. The summed E-state index contributed by atoms with van der Waals surface area (Å²) < 4.78 is 0. The lowest BCUT2D eigenvalue weighted by atomic mass is 10.1. The van der Waals surface area contributed by atoms with Crippen molar-refractivity contribution in [2.75, 3.05) is 0 Å². The fraction of sp³-hybridized carbons (Fsp3) is 0.200. The molecule has 1 N–H and O–H groups in total. The van der Waals surface area contributed by atoms with Crippen molar-refractivity contribution in [3.63, 3.8) is 0 Å². The van der Waals surface area contributed by atoms with Crippen molar-refractivity contribution in [3.05, 3.63) is 57.3 Å². The highest BCUT2D eigenvalue weighted by Gasteiger charge is 2.11. The molecule has 0 aliphatic carbocycles. The molecule has 0 aliphatic heterocycles. The topological polar surface area (TPSA) is 46.2 Å². The summed E-state index contributed by atoms with van der Waals surface area (Å²) >= 11 is 1.23. The van der Waals surface area contributed by atoms with Crippen LogP contribution in [0, 0.1) is 6.92 Å². The number of nitrogens with one attached hydrogen (secondary N) is 1. The van der Waals surface area contributed by atoms with Crippen molar-refractivity contribution in [2.24, 2.45) is 0 Å². The third kappa shape index (κ3) is 3.29. The average Bonchev–Trinajstić information content (AvgIpc) is 2.87. The Labute approximate surface area is 116 Å². The summed E-state index contributed by atoms with van der Waals surface area (Å²) in [6, 6.07) is 11.3. The molecule has 0 radical (unpaired) electrons. The first-order chi connectivity index (χ1) is 9.08. The van der Waals surface area contributed by atoms with Gasteiger partial charge in [0.15, 0.2) is 5.78 Å². The predicted octanol–water partition coefficient (Wildman–Crippen LogP) is 3.19. The van der Waals surface area contributed by atoms with Crippen LogP contribution in [0.5, 0.6) is 0 Å². The Morgan fingerprint density at radius 1 is 1.11 bits per heavy atom. The largest absolute Gasteiger partial charge is 0.347 e. The van der Waals surface area contributed by atoms with Crippen molar-refractivity contribution in [2.45, 2.75) is 20.4 Å². The molecule has 2 aromatic rings. The Balaban J connectivity index is 2.01. The first kappa shape index (κ1) is 13.5. The molecular weight excluding hydrogens is 258 g/mol. The van der Waals surface area contributed by atoms with E-state index in [2.05, 4.69) is 5.32 Å². The second kappa shape index (κ2) is 5.80. The molecule has 1 aromatic heterocycles. The number of ketones is 1. The van der Waals surface area contributed by atoms with E-state index in [9.17, 15) is 9.59 Å². The summed E-state index contributed by atoms with van der Waals surface area (Å²) in [5.74, 6) is -0.149. The van der Waals surface area contributed by atoms with Crippen LogP contribution in [-0.4, -0.2) is 11.7 Å². The van der Waals surface area contributed by atoms with E-state index >= 15 is 0 Å². The number of rotatable bonds is 4. The summed E-state index contributed by atoms with van der Waals surface area (Å²) in [4.78, 5) is 24.3. The summed E-state index contributed by atoms with van der Waals surface area (Å²) in [7, 11) is 0. The highest BCUT2D eigenvalue weighted by atomic mass is 32.1. The van der Waals surface area contributed by atoms with Gasteiger partial charge in [0.05, 0.1) is 9.75 Å². The van der Waals surface area contributed by atoms with E-state index in [0.29, 0.717) is 16.3 Å². The zero-order chi connectivity index (χ0) is 13.8. The molecule has 98 valence electrons. The van der Waals surface area contributed by atoms with Gasteiger partial charge in [-0.25, -0.2) is 0 Å². The van der Waals surface area contributed by atoms with Gasteiger partial charge in [-0.05, 0) is 37.1 Å². The minimum absolute atomic E-state index is 0.0112. The molecule has 1 heterocycles. The molecule has 0 saturated carbocycles. The van der Waals surface area contributed by atoms with Gasteiger partial charge in [-0.15, -0.1) is 11.3 Å². The van der Waals surface area contributed by atoms with Crippen LogP contribution in [0.3, 0.4) is 0 Å². The smallest absolute Gasteiger partial charge is 0.261 e. The van der Waals surface area contributed by atoms with E-state index in [1.807, 2.05) is 31.2 Å². The molecule has 0 bridgehead atoms. The molecule has 2 rings (SSSR count). The van der Waals surface area contributed by atoms with Gasteiger partial charge in [0, 0.05) is 6.54 Å². The molecule has 0 saturated heterocycles. The van der Waals surface area contributed by atoms with Crippen LogP contribution in [0.25, 0.3) is 0 Å². The molecule has 0 aliphatic rings. The van der Waals surface area contributed by atoms with Crippen LogP contribution in [0.15, 0.2) is 36.4 Å². The van der Waals surface area contributed by atoms with Gasteiger partial charge in [-0.3, -0.25) is 9.59 Å². The Morgan fingerprint density at radius 3 is 2.42 bits per heavy atom. The quantitative estimate of drug-likeness (QED) is 0.870. The Kier molecular flexibility index (Phi) is 4.12. The Morgan fingerprint density at radius 2 is 1.79 bits per heavy atom. The lowest BCUT2D eigenvalue weighted by Crippen LogP contribution is -2.22. The van der Waals surface area contributed by atoms with Gasteiger partial charge in [0.25, 0.3) is 5.91 Å². The highest BCUT2D eigenvalue weighted by Crippen LogP contribution is 2.17. The first-order valence-corrected chi connectivity index (χ1v) is 6.83. The third-order valence-corrected chi connectivity index (χ3v) is 4.06. The van der Waals surface area contributed by atoms with E-state index < -0.39 is 0 Å². The summed E-state index contributed by atoms with van der Waals surface area (Å²) in [5, 5.41) is 2.87. The lowest BCUT2D eigenvalue weighted by molar-refractivity contribution is 0.0954. The van der Waals surface area contributed by atoms with Crippen molar-refractivity contribution in [3.8, 4) is 0 Å². The lowest BCUT2D eigenvalue weighted by Gasteiger charge is -2.06. The van der Waals surface area contributed by atoms with E-state index in [1.54, 1.807) is 12.1 Å². The molecule has 0 fully saturated rings. The van der Waals surface area contributed by atoms with E-state index in [4.69, 9.17) is 0 Å². The normalized spacial score (nSPS) is 10.2. The molecule has 0 unspecified atom stereocenters. The van der Waals surface area contributed by atoms with E-state index in [-0.39, 0.29) is 11.7 Å². The Hall–Kier alpha value is -1.94. The van der Waals surface area contributed by atoms with Crippen molar-refractivity contribution < 1.29 is 9.59 Å². The molecule has 0 atom stereocenters. The van der Waals surface area contributed by atoms with Gasteiger partial charge < -0.3 is 5.32 Å². The van der Waals surface area contributed by atoms with Gasteiger partial charge >= 0.3 is 0 Å². The Bertz CT molecular complexity index is 616. The fourth-order valence-electron chi connectivity index (χ4n) is 1.72. The number of aryl methyl sites for hydroxylation is 1. The van der Waals surface area contributed by atoms with Gasteiger partial charge in [-0.1, -0.05) is 24.3 Å². The van der Waals surface area contributed by atoms with Crippen molar-refractivity contribution in [1.29, 1.82) is 0 Å². The van der Waals surface area contributed by atoms with Crippen LogP contribution in [0.1, 0.15) is 37.4 Å². The highest BCUT2D eigenvalue weighted by molar-refractivity contribution is 7.15. The second-order valence-corrected chi connectivity index (χ2v) is 5.41. The zero-order valence-electron chi connectivity index (χ0n) is 10.9. The van der Waals surface area contributed by atoms with Crippen molar-refractivity contribution >= 4 is 23.0 Å². The molecule has 4 heteroatoms. The van der Waals surface area contributed by atoms with Crippen LogP contribution < -0.4 is 5.32 Å². The number of amides is 1. The average molecular weight is 273 g/mol. The van der Waals surface area contributed by atoms with Crippen LogP contribution in [-0.2, 0) is 6.54 Å². The number of hydrogen-bond donors (Lipinski definition) is 1. The standard InChI is InChI=1S/C15H15NO2S/c1-10-5-3-4-6-12(10)9-16-15(18)14-8-7-13(19-14)11(2)17/h3-8H,9H2,1-2H3,(H,16,18). The number of hydrogen-bond acceptors (Lipinski definition) is 3. The van der Waals surface area contributed by atoms with Crippen molar-refractivity contribution in [1.82, 2.24) is 5.32 Å². The number of thiophene rings is 1. The molecule has 1 amide bonds. The minimum atomic E-state index is -0.138. The number of Topliss-reactive ketones (excluding diaryl/α,β-unsaturated/α-hetero) is 1. The minimum Gasteiger partial charge on any atom is -0.347 e. The molecular formula is C15H15NO2S. The first-order valence-electron chi connectivity index (χ1n) is 6.01. The SMILES string of the molecule is CC(=O)c1ccc(C(=O)NCc2ccccc2C)s1. The van der Waals surface area contributed by atoms with Crippen LogP contribution in [0.4, 0.5) is 0 Å². The maximum atomic E-state index is 12.0. The number of benzene rings is 1. The second-order valence-electron chi connectivity index (χ2n) is 4.33. The number of carbonyl (C=O) groups is 2. The van der Waals surface area contributed by atoms with Crippen LogP contribution >= 0.6 is 11.3 Å².